The Morgan fingerprint density at radius 2 is 1.89 bits per heavy atom. The first-order valence-corrected chi connectivity index (χ1v) is 9.93. The average molecular weight is 382 g/mol. The molecule has 1 amide bonds. The van der Waals surface area contributed by atoms with Gasteiger partial charge in [-0.25, -0.2) is 4.68 Å². The molecule has 0 radical (unpaired) electrons. The van der Waals surface area contributed by atoms with Crippen LogP contribution in [0.5, 0.6) is 5.75 Å². The Hall–Kier alpha value is -2.73. The number of hydrogen-bond donors (Lipinski definition) is 1. The second-order valence-electron chi connectivity index (χ2n) is 6.12. The van der Waals surface area contributed by atoms with Crippen LogP contribution in [-0.4, -0.2) is 35.1 Å². The molecule has 0 bridgehead atoms. The van der Waals surface area contributed by atoms with Gasteiger partial charge < -0.3 is 10.1 Å². The molecular weight excluding hydrogens is 358 g/mol. The molecule has 140 valence electrons. The highest BCUT2D eigenvalue weighted by Gasteiger charge is 2.17. The second-order valence-corrected chi connectivity index (χ2v) is 7.23. The number of amides is 1. The third kappa shape index (κ3) is 5.14. The summed E-state index contributed by atoms with van der Waals surface area (Å²) in [5, 5.41) is 7.30. The Morgan fingerprint density at radius 3 is 2.59 bits per heavy atom. The van der Waals surface area contributed by atoms with Crippen molar-refractivity contribution in [1.82, 2.24) is 15.1 Å². The van der Waals surface area contributed by atoms with Crippen molar-refractivity contribution in [1.29, 1.82) is 0 Å². The molecule has 3 rings (SSSR count). The van der Waals surface area contributed by atoms with E-state index in [9.17, 15) is 4.79 Å². The summed E-state index contributed by atoms with van der Waals surface area (Å²) in [7, 11) is 1.54. The molecule has 0 aliphatic carbocycles. The standard InChI is InChI=1S/C21H23N3O2S/c1-16-8-10-17(11-9-16)15-27-13-12-22-21(25)20-19(26-2)14-24(23-20)18-6-4-3-5-7-18/h3-11,14H,12-13,15H2,1-2H3,(H,22,25). The third-order valence-corrected chi connectivity index (χ3v) is 5.09. The molecule has 0 saturated heterocycles. The highest BCUT2D eigenvalue weighted by atomic mass is 32.2. The van der Waals surface area contributed by atoms with Crippen molar-refractivity contribution in [2.75, 3.05) is 19.4 Å². The van der Waals surface area contributed by atoms with Crippen LogP contribution in [0.4, 0.5) is 0 Å². The van der Waals surface area contributed by atoms with E-state index in [2.05, 4.69) is 41.6 Å². The van der Waals surface area contributed by atoms with E-state index in [-0.39, 0.29) is 5.91 Å². The zero-order chi connectivity index (χ0) is 19.1. The maximum Gasteiger partial charge on any atom is 0.275 e. The molecule has 6 heteroatoms. The lowest BCUT2D eigenvalue weighted by Crippen LogP contribution is -2.26. The topological polar surface area (TPSA) is 56.2 Å². The first-order chi connectivity index (χ1) is 13.2. The summed E-state index contributed by atoms with van der Waals surface area (Å²) in [6.07, 6.45) is 1.72. The summed E-state index contributed by atoms with van der Waals surface area (Å²) in [4.78, 5) is 12.5. The summed E-state index contributed by atoms with van der Waals surface area (Å²) < 4.78 is 6.97. The lowest BCUT2D eigenvalue weighted by molar-refractivity contribution is 0.0948. The Balaban J connectivity index is 1.52. The van der Waals surface area contributed by atoms with Crippen molar-refractivity contribution in [3.05, 3.63) is 77.6 Å². The van der Waals surface area contributed by atoms with Crippen molar-refractivity contribution >= 4 is 17.7 Å². The number of carbonyl (C=O) groups excluding carboxylic acids is 1. The highest BCUT2D eigenvalue weighted by molar-refractivity contribution is 7.98. The fraction of sp³-hybridized carbons (Fsp3) is 0.238. The molecule has 0 spiro atoms. The Kier molecular flexibility index (Phi) is 6.54. The van der Waals surface area contributed by atoms with Crippen LogP contribution in [0, 0.1) is 6.92 Å². The number of thioether (sulfide) groups is 1. The molecular formula is C21H23N3O2S. The zero-order valence-corrected chi connectivity index (χ0v) is 16.3. The first-order valence-electron chi connectivity index (χ1n) is 8.78. The lowest BCUT2D eigenvalue weighted by atomic mass is 10.2. The van der Waals surface area contributed by atoms with Gasteiger partial charge in [-0.1, -0.05) is 48.0 Å². The van der Waals surface area contributed by atoms with Gasteiger partial charge in [0, 0.05) is 18.1 Å². The quantitative estimate of drug-likeness (QED) is 0.602. The van der Waals surface area contributed by atoms with Crippen LogP contribution in [0.25, 0.3) is 5.69 Å². The number of nitrogens with one attached hydrogen (secondary N) is 1. The number of para-hydroxylation sites is 1. The van der Waals surface area contributed by atoms with Crippen LogP contribution in [-0.2, 0) is 5.75 Å². The first kappa shape index (κ1) is 19.0. The Morgan fingerprint density at radius 1 is 1.15 bits per heavy atom. The van der Waals surface area contributed by atoms with E-state index in [1.54, 1.807) is 29.8 Å². The average Bonchev–Trinajstić information content (AvgIpc) is 3.14. The molecule has 0 atom stereocenters. The number of ether oxygens (including phenoxy) is 1. The van der Waals surface area contributed by atoms with E-state index < -0.39 is 0 Å². The van der Waals surface area contributed by atoms with Crippen LogP contribution in [0.15, 0.2) is 60.8 Å². The normalized spacial score (nSPS) is 10.6. The zero-order valence-electron chi connectivity index (χ0n) is 15.5. The van der Waals surface area contributed by atoms with Crippen molar-refractivity contribution in [3.8, 4) is 11.4 Å². The maximum atomic E-state index is 12.5. The number of aromatic nitrogens is 2. The molecule has 1 aromatic heterocycles. The number of benzene rings is 2. The monoisotopic (exact) mass is 381 g/mol. The molecule has 5 nitrogen and oxygen atoms in total. The van der Waals surface area contributed by atoms with E-state index in [0.717, 1.165) is 17.2 Å². The van der Waals surface area contributed by atoms with E-state index in [1.807, 2.05) is 30.3 Å². The molecule has 27 heavy (non-hydrogen) atoms. The molecule has 0 aliphatic heterocycles. The van der Waals surface area contributed by atoms with E-state index >= 15 is 0 Å². The van der Waals surface area contributed by atoms with Gasteiger partial charge in [-0.15, -0.1) is 0 Å². The van der Waals surface area contributed by atoms with Gasteiger partial charge in [0.25, 0.3) is 5.91 Å². The van der Waals surface area contributed by atoms with Crippen LogP contribution >= 0.6 is 11.8 Å². The van der Waals surface area contributed by atoms with Gasteiger partial charge in [-0.2, -0.15) is 16.9 Å². The minimum atomic E-state index is -0.225. The maximum absolute atomic E-state index is 12.5. The molecule has 1 heterocycles. The van der Waals surface area contributed by atoms with Gasteiger partial charge in [-0.05, 0) is 24.6 Å². The molecule has 0 fully saturated rings. The van der Waals surface area contributed by atoms with E-state index in [0.29, 0.717) is 18.0 Å². The fourth-order valence-electron chi connectivity index (χ4n) is 2.57. The Bertz CT molecular complexity index is 876. The predicted octanol–water partition coefficient (Wildman–Crippen LogP) is 3.85. The molecule has 0 unspecified atom stereocenters. The minimum absolute atomic E-state index is 0.225. The number of carbonyl (C=O) groups is 1. The molecule has 2 aromatic carbocycles. The molecule has 0 saturated carbocycles. The van der Waals surface area contributed by atoms with Crippen LogP contribution in [0.1, 0.15) is 21.6 Å². The number of methoxy groups -OCH3 is 1. The molecule has 1 N–H and O–H groups in total. The van der Waals surface area contributed by atoms with Gasteiger partial charge in [-0.3, -0.25) is 4.79 Å². The smallest absolute Gasteiger partial charge is 0.275 e. The largest absolute Gasteiger partial charge is 0.493 e. The summed E-state index contributed by atoms with van der Waals surface area (Å²) in [6.45, 7) is 2.66. The van der Waals surface area contributed by atoms with Crippen LogP contribution < -0.4 is 10.1 Å². The van der Waals surface area contributed by atoms with E-state index in [1.165, 1.54) is 11.1 Å². The summed E-state index contributed by atoms with van der Waals surface area (Å²) in [6, 6.07) is 18.2. The van der Waals surface area contributed by atoms with Gasteiger partial charge in [0.05, 0.1) is 19.0 Å². The number of nitrogens with zero attached hydrogens (tertiary/aromatic N) is 2. The van der Waals surface area contributed by atoms with Gasteiger partial charge in [0.1, 0.15) is 0 Å². The fourth-order valence-corrected chi connectivity index (χ4v) is 3.39. The van der Waals surface area contributed by atoms with Crippen LogP contribution in [0.2, 0.25) is 0 Å². The predicted molar refractivity (Wildman–Crippen MR) is 110 cm³/mol. The van der Waals surface area contributed by atoms with Crippen molar-refractivity contribution < 1.29 is 9.53 Å². The third-order valence-electron chi connectivity index (χ3n) is 4.06. The molecule has 3 aromatic rings. The lowest BCUT2D eigenvalue weighted by Gasteiger charge is -2.05. The summed E-state index contributed by atoms with van der Waals surface area (Å²) in [5.74, 6) is 2.00. The van der Waals surface area contributed by atoms with Gasteiger partial charge in [0.15, 0.2) is 11.4 Å². The van der Waals surface area contributed by atoms with Crippen LogP contribution in [0.3, 0.4) is 0 Å². The van der Waals surface area contributed by atoms with Crippen molar-refractivity contribution in [3.63, 3.8) is 0 Å². The summed E-state index contributed by atoms with van der Waals surface area (Å²) in [5.41, 5.74) is 3.73. The minimum Gasteiger partial charge on any atom is -0.493 e. The number of aryl methyl sites for hydroxylation is 1. The van der Waals surface area contributed by atoms with Gasteiger partial charge in [0.2, 0.25) is 0 Å². The van der Waals surface area contributed by atoms with E-state index in [4.69, 9.17) is 4.74 Å². The van der Waals surface area contributed by atoms with Gasteiger partial charge >= 0.3 is 0 Å². The molecule has 0 aliphatic rings. The number of rotatable bonds is 8. The number of hydrogen-bond acceptors (Lipinski definition) is 4. The summed E-state index contributed by atoms with van der Waals surface area (Å²) >= 11 is 1.79. The van der Waals surface area contributed by atoms with Crippen molar-refractivity contribution in [2.45, 2.75) is 12.7 Å². The van der Waals surface area contributed by atoms with Crippen molar-refractivity contribution in [2.24, 2.45) is 0 Å². The SMILES string of the molecule is COc1cn(-c2ccccc2)nc1C(=O)NCCSCc1ccc(C)cc1. The second kappa shape index (κ2) is 9.28. The highest BCUT2D eigenvalue weighted by Crippen LogP contribution is 2.19. The Labute approximate surface area is 163 Å².